The van der Waals surface area contributed by atoms with Crippen LogP contribution in [0.15, 0.2) is 0 Å². The lowest BCUT2D eigenvalue weighted by atomic mass is 9.44. The Balaban J connectivity index is 1.49. The summed E-state index contributed by atoms with van der Waals surface area (Å²) in [6.45, 7) is 6.48. The van der Waals surface area contributed by atoms with Crippen LogP contribution in [0.1, 0.15) is 71.6 Å². The summed E-state index contributed by atoms with van der Waals surface area (Å²) in [5, 5.41) is 11.0. The molecule has 0 aromatic rings. The van der Waals surface area contributed by atoms with E-state index in [0.717, 1.165) is 32.0 Å². The van der Waals surface area contributed by atoms with Crippen molar-refractivity contribution in [1.29, 1.82) is 0 Å². The molecule has 0 bridgehead atoms. The predicted octanol–water partition coefficient (Wildman–Crippen LogP) is 4.13. The van der Waals surface area contributed by atoms with E-state index >= 15 is 0 Å². The van der Waals surface area contributed by atoms with Gasteiger partial charge in [0.15, 0.2) is 5.79 Å². The molecule has 0 amide bonds. The van der Waals surface area contributed by atoms with E-state index < -0.39 is 0 Å². The molecule has 1 aliphatic heterocycles. The minimum atomic E-state index is -0.308. The Labute approximate surface area is 146 Å². The van der Waals surface area contributed by atoms with Crippen LogP contribution >= 0.6 is 0 Å². The molecule has 1 heterocycles. The molecule has 0 aromatic carbocycles. The molecule has 4 aliphatic carbocycles. The van der Waals surface area contributed by atoms with Crippen LogP contribution < -0.4 is 0 Å². The van der Waals surface area contributed by atoms with Crippen LogP contribution in [0.2, 0.25) is 0 Å². The quantitative estimate of drug-likeness (QED) is 0.724. The highest BCUT2D eigenvalue weighted by Crippen LogP contribution is 2.69. The Hall–Kier alpha value is -0.120. The van der Waals surface area contributed by atoms with Crippen LogP contribution in [0, 0.1) is 34.5 Å². The molecular formula is C21H34O3. The molecule has 5 fully saturated rings. The molecule has 24 heavy (non-hydrogen) atoms. The van der Waals surface area contributed by atoms with Gasteiger partial charge in [0, 0.05) is 11.8 Å². The van der Waals surface area contributed by atoms with Crippen LogP contribution in [-0.2, 0) is 9.47 Å². The summed E-state index contributed by atoms with van der Waals surface area (Å²) in [7, 11) is 0. The first-order valence-electron chi connectivity index (χ1n) is 10.5. The van der Waals surface area contributed by atoms with Crippen LogP contribution in [-0.4, -0.2) is 30.2 Å². The van der Waals surface area contributed by atoms with Crippen LogP contribution in [0.4, 0.5) is 0 Å². The Kier molecular flexibility index (Phi) is 3.49. The molecule has 1 saturated heterocycles. The summed E-state index contributed by atoms with van der Waals surface area (Å²) < 4.78 is 12.5. The molecule has 5 rings (SSSR count). The first-order chi connectivity index (χ1) is 11.5. The average molecular weight is 335 g/mol. The van der Waals surface area contributed by atoms with Gasteiger partial charge in [-0.05, 0) is 67.6 Å². The lowest BCUT2D eigenvalue weighted by Gasteiger charge is -2.62. The van der Waals surface area contributed by atoms with Gasteiger partial charge in [-0.25, -0.2) is 0 Å². The number of fused-ring (bicyclic) bond motifs is 6. The fourth-order valence-corrected chi connectivity index (χ4v) is 8.24. The van der Waals surface area contributed by atoms with Crippen molar-refractivity contribution in [2.45, 2.75) is 83.5 Å². The van der Waals surface area contributed by atoms with E-state index in [-0.39, 0.29) is 17.3 Å². The second-order valence-corrected chi connectivity index (χ2v) is 9.98. The van der Waals surface area contributed by atoms with E-state index in [1.165, 1.54) is 44.9 Å². The number of ether oxygens (including phenoxy) is 2. The fourth-order valence-electron chi connectivity index (χ4n) is 8.24. The van der Waals surface area contributed by atoms with Gasteiger partial charge in [0.25, 0.3) is 0 Å². The number of hydrogen-bond donors (Lipinski definition) is 1. The van der Waals surface area contributed by atoms with E-state index in [0.29, 0.717) is 23.2 Å². The minimum absolute atomic E-state index is 0.0825. The van der Waals surface area contributed by atoms with Crippen molar-refractivity contribution in [2.75, 3.05) is 13.2 Å². The van der Waals surface area contributed by atoms with Crippen molar-refractivity contribution < 1.29 is 14.6 Å². The Morgan fingerprint density at radius 1 is 0.833 bits per heavy atom. The van der Waals surface area contributed by atoms with Gasteiger partial charge in [-0.15, -0.1) is 0 Å². The summed E-state index contributed by atoms with van der Waals surface area (Å²) in [6.07, 6.45) is 11.1. The number of aliphatic hydroxyl groups is 1. The topological polar surface area (TPSA) is 38.7 Å². The van der Waals surface area contributed by atoms with E-state index in [4.69, 9.17) is 9.47 Å². The standard InChI is InChI=1S/C21H34O3/c1-19-8-4-3-5-17(19)18(22)13-14-15(19)6-9-20(2)16(14)7-10-21(20)23-11-12-24-21/h14-18,22H,3-13H2,1-2H3. The maximum atomic E-state index is 11.0. The maximum absolute atomic E-state index is 11.0. The van der Waals surface area contributed by atoms with Crippen molar-refractivity contribution in [3.8, 4) is 0 Å². The molecular weight excluding hydrogens is 300 g/mol. The van der Waals surface area contributed by atoms with Crippen LogP contribution in [0.5, 0.6) is 0 Å². The summed E-state index contributed by atoms with van der Waals surface area (Å²) >= 11 is 0. The summed E-state index contributed by atoms with van der Waals surface area (Å²) in [4.78, 5) is 0. The van der Waals surface area contributed by atoms with E-state index in [1.54, 1.807) is 0 Å². The van der Waals surface area contributed by atoms with Gasteiger partial charge in [-0.3, -0.25) is 0 Å². The first kappa shape index (κ1) is 16.1. The Morgan fingerprint density at radius 2 is 1.58 bits per heavy atom. The molecule has 0 radical (unpaired) electrons. The zero-order valence-electron chi connectivity index (χ0n) is 15.4. The minimum Gasteiger partial charge on any atom is -0.393 e. The predicted molar refractivity (Wildman–Crippen MR) is 92.4 cm³/mol. The van der Waals surface area contributed by atoms with Gasteiger partial charge < -0.3 is 14.6 Å². The van der Waals surface area contributed by atoms with Crippen molar-refractivity contribution in [1.82, 2.24) is 0 Å². The van der Waals surface area contributed by atoms with Gasteiger partial charge in [-0.2, -0.15) is 0 Å². The molecule has 1 spiro atoms. The average Bonchev–Trinajstić information content (AvgIpc) is 3.15. The normalized spacial score (nSPS) is 55.9. The highest BCUT2D eigenvalue weighted by Gasteiger charge is 2.67. The highest BCUT2D eigenvalue weighted by molar-refractivity contribution is 5.13. The molecule has 4 saturated carbocycles. The molecule has 5 aliphatic rings. The summed E-state index contributed by atoms with van der Waals surface area (Å²) in [6, 6.07) is 0. The number of hydrogen-bond acceptors (Lipinski definition) is 3. The van der Waals surface area contributed by atoms with Crippen molar-refractivity contribution >= 4 is 0 Å². The SMILES string of the molecule is CC12CCCCC1C(O)CC1C2CCC2(C)C1CCC21OCCO1. The van der Waals surface area contributed by atoms with Crippen molar-refractivity contribution in [3.63, 3.8) is 0 Å². The van der Waals surface area contributed by atoms with Crippen LogP contribution in [0.3, 0.4) is 0 Å². The second kappa shape index (κ2) is 5.20. The molecule has 3 heteroatoms. The van der Waals surface area contributed by atoms with E-state index in [9.17, 15) is 5.11 Å². The third-order valence-electron chi connectivity index (χ3n) is 9.39. The third-order valence-corrected chi connectivity index (χ3v) is 9.39. The van der Waals surface area contributed by atoms with Crippen molar-refractivity contribution in [2.24, 2.45) is 34.5 Å². The first-order valence-corrected chi connectivity index (χ1v) is 10.5. The van der Waals surface area contributed by atoms with Gasteiger partial charge in [0.05, 0.1) is 19.3 Å². The summed E-state index contributed by atoms with van der Waals surface area (Å²) in [5.41, 5.74) is 0.525. The second-order valence-electron chi connectivity index (χ2n) is 9.98. The largest absolute Gasteiger partial charge is 0.393 e. The molecule has 0 aromatic heterocycles. The van der Waals surface area contributed by atoms with Gasteiger partial charge >= 0.3 is 0 Å². The van der Waals surface area contributed by atoms with Crippen LogP contribution in [0.25, 0.3) is 0 Å². The Bertz CT molecular complexity index is 513. The summed E-state index contributed by atoms with van der Waals surface area (Å²) in [5.74, 6) is 2.39. The zero-order valence-corrected chi connectivity index (χ0v) is 15.4. The molecule has 1 N–H and O–H groups in total. The maximum Gasteiger partial charge on any atom is 0.174 e. The molecule has 3 nitrogen and oxygen atoms in total. The molecule has 7 atom stereocenters. The van der Waals surface area contributed by atoms with Crippen molar-refractivity contribution in [3.05, 3.63) is 0 Å². The van der Waals surface area contributed by atoms with Gasteiger partial charge in [0.2, 0.25) is 0 Å². The third kappa shape index (κ3) is 1.85. The lowest BCUT2D eigenvalue weighted by Crippen LogP contribution is -2.59. The molecule has 7 unspecified atom stereocenters. The lowest BCUT2D eigenvalue weighted by molar-refractivity contribution is -0.252. The fraction of sp³-hybridized carbons (Fsp3) is 1.00. The number of aliphatic hydroxyl groups excluding tert-OH is 1. The zero-order chi connectivity index (χ0) is 16.6. The van der Waals surface area contributed by atoms with E-state index in [1.807, 2.05) is 0 Å². The molecule has 136 valence electrons. The van der Waals surface area contributed by atoms with Gasteiger partial charge in [0.1, 0.15) is 0 Å². The highest BCUT2D eigenvalue weighted by atomic mass is 16.7. The smallest absolute Gasteiger partial charge is 0.174 e. The Morgan fingerprint density at radius 3 is 2.38 bits per heavy atom. The number of rotatable bonds is 0. The monoisotopic (exact) mass is 334 g/mol. The van der Waals surface area contributed by atoms with Gasteiger partial charge in [-0.1, -0.05) is 26.7 Å². The van der Waals surface area contributed by atoms with E-state index in [2.05, 4.69) is 13.8 Å².